The Morgan fingerprint density at radius 1 is 1.29 bits per heavy atom. The maximum atomic E-state index is 5.80. The van der Waals surface area contributed by atoms with Crippen LogP contribution in [0.3, 0.4) is 0 Å². The smallest absolute Gasteiger partial charge is 0.0727 e. The first-order valence-electron chi connectivity index (χ1n) is 6.34. The largest absolute Gasteiger partial charge is 0.376 e. The Balaban J connectivity index is 1.81. The fourth-order valence-electron chi connectivity index (χ4n) is 2.35. The summed E-state index contributed by atoms with van der Waals surface area (Å²) < 4.78 is 6.90. The Morgan fingerprint density at radius 3 is 2.71 bits per heavy atom. The van der Waals surface area contributed by atoms with Crippen LogP contribution in [0, 0.1) is 5.92 Å². The van der Waals surface area contributed by atoms with Gasteiger partial charge in [-0.2, -0.15) is 0 Å². The van der Waals surface area contributed by atoms with Crippen molar-refractivity contribution in [1.29, 1.82) is 0 Å². The molecule has 1 aromatic carbocycles. The Kier molecular flexibility index (Phi) is 5.01. The van der Waals surface area contributed by atoms with Crippen molar-refractivity contribution in [3.63, 3.8) is 0 Å². The van der Waals surface area contributed by atoms with Gasteiger partial charge in [-0.15, -0.1) is 0 Å². The van der Waals surface area contributed by atoms with E-state index in [4.69, 9.17) is 10.5 Å². The highest BCUT2D eigenvalue weighted by atomic mass is 79.9. The lowest BCUT2D eigenvalue weighted by atomic mass is 10.1. The molecule has 3 heteroatoms. The standard InChI is InChI=1S/C14H20BrNO/c15-14-7-12(8-16)5-6-13(14)10-17-9-11-3-1-2-4-11/h5-7,11H,1-4,8-10,16H2. The van der Waals surface area contributed by atoms with Crippen LogP contribution in [-0.4, -0.2) is 6.61 Å². The molecular weight excluding hydrogens is 278 g/mol. The van der Waals surface area contributed by atoms with Gasteiger partial charge in [-0.05, 0) is 36.0 Å². The summed E-state index contributed by atoms with van der Waals surface area (Å²) in [6.07, 6.45) is 5.44. The van der Waals surface area contributed by atoms with Gasteiger partial charge in [0.05, 0.1) is 6.61 Å². The van der Waals surface area contributed by atoms with Crippen LogP contribution in [0.4, 0.5) is 0 Å². The van der Waals surface area contributed by atoms with Gasteiger partial charge in [-0.25, -0.2) is 0 Å². The summed E-state index contributed by atoms with van der Waals surface area (Å²) in [6.45, 7) is 2.19. The molecule has 94 valence electrons. The molecule has 0 amide bonds. The fourth-order valence-corrected chi connectivity index (χ4v) is 2.89. The van der Waals surface area contributed by atoms with E-state index in [1.165, 1.54) is 31.2 Å². The number of hydrogen-bond donors (Lipinski definition) is 1. The molecule has 0 bridgehead atoms. The Bertz CT molecular complexity index is 361. The molecule has 1 fully saturated rings. The van der Waals surface area contributed by atoms with Gasteiger partial charge in [-0.1, -0.05) is 40.9 Å². The monoisotopic (exact) mass is 297 g/mol. The van der Waals surface area contributed by atoms with Crippen LogP contribution < -0.4 is 5.73 Å². The third-order valence-corrected chi connectivity index (χ3v) is 4.18. The lowest BCUT2D eigenvalue weighted by Gasteiger charge is -2.11. The minimum absolute atomic E-state index is 0.585. The molecule has 0 unspecified atom stereocenters. The van der Waals surface area contributed by atoms with Crippen molar-refractivity contribution in [1.82, 2.24) is 0 Å². The zero-order chi connectivity index (χ0) is 12.1. The van der Waals surface area contributed by atoms with Gasteiger partial charge in [0.15, 0.2) is 0 Å². The second kappa shape index (κ2) is 6.53. The van der Waals surface area contributed by atoms with Crippen LogP contribution in [0.5, 0.6) is 0 Å². The SMILES string of the molecule is NCc1ccc(COCC2CCCC2)c(Br)c1. The van der Waals surface area contributed by atoms with Crippen LogP contribution in [0.25, 0.3) is 0 Å². The fraction of sp³-hybridized carbons (Fsp3) is 0.571. The molecule has 1 saturated carbocycles. The summed E-state index contributed by atoms with van der Waals surface area (Å²) in [5.41, 5.74) is 7.96. The second-order valence-electron chi connectivity index (χ2n) is 4.80. The summed E-state index contributed by atoms with van der Waals surface area (Å²) in [4.78, 5) is 0. The van der Waals surface area contributed by atoms with E-state index >= 15 is 0 Å². The third-order valence-electron chi connectivity index (χ3n) is 3.44. The molecule has 2 N–H and O–H groups in total. The van der Waals surface area contributed by atoms with Gasteiger partial charge in [0.2, 0.25) is 0 Å². The summed E-state index contributed by atoms with van der Waals surface area (Å²) in [5.74, 6) is 0.789. The van der Waals surface area contributed by atoms with Crippen LogP contribution in [0.1, 0.15) is 36.8 Å². The molecule has 0 saturated heterocycles. The summed E-state index contributed by atoms with van der Waals surface area (Å²) in [7, 11) is 0. The van der Waals surface area contributed by atoms with Gasteiger partial charge in [0.1, 0.15) is 0 Å². The average Bonchev–Trinajstić information content (AvgIpc) is 2.84. The molecule has 0 heterocycles. The third kappa shape index (κ3) is 3.80. The van der Waals surface area contributed by atoms with Crippen LogP contribution in [0.15, 0.2) is 22.7 Å². The molecular formula is C14H20BrNO. The van der Waals surface area contributed by atoms with E-state index in [-0.39, 0.29) is 0 Å². The summed E-state index contributed by atoms with van der Waals surface area (Å²) in [5, 5.41) is 0. The van der Waals surface area contributed by atoms with Gasteiger partial charge in [0, 0.05) is 17.6 Å². The van der Waals surface area contributed by atoms with E-state index in [0.29, 0.717) is 13.2 Å². The van der Waals surface area contributed by atoms with Crippen molar-refractivity contribution in [3.8, 4) is 0 Å². The topological polar surface area (TPSA) is 35.2 Å². The van der Waals surface area contributed by atoms with Crippen molar-refractivity contribution in [3.05, 3.63) is 33.8 Å². The van der Waals surface area contributed by atoms with Crippen LogP contribution >= 0.6 is 15.9 Å². The summed E-state index contributed by atoms with van der Waals surface area (Å²) >= 11 is 3.57. The van der Waals surface area contributed by atoms with Crippen molar-refractivity contribution < 1.29 is 4.74 Å². The van der Waals surface area contributed by atoms with Crippen molar-refractivity contribution in [2.45, 2.75) is 38.8 Å². The molecule has 0 spiro atoms. The van der Waals surface area contributed by atoms with Crippen molar-refractivity contribution >= 4 is 15.9 Å². The predicted molar refractivity (Wildman–Crippen MR) is 73.6 cm³/mol. The lowest BCUT2D eigenvalue weighted by Crippen LogP contribution is -2.06. The van der Waals surface area contributed by atoms with Crippen molar-refractivity contribution in [2.24, 2.45) is 11.7 Å². The number of hydrogen-bond acceptors (Lipinski definition) is 2. The zero-order valence-electron chi connectivity index (χ0n) is 10.1. The molecule has 0 aliphatic heterocycles. The van der Waals surface area contributed by atoms with E-state index in [2.05, 4.69) is 34.1 Å². The average molecular weight is 298 g/mol. The molecule has 2 nitrogen and oxygen atoms in total. The Hall–Kier alpha value is -0.380. The predicted octanol–water partition coefficient (Wildman–Crippen LogP) is 3.61. The van der Waals surface area contributed by atoms with Gasteiger partial charge in [0.25, 0.3) is 0 Å². The van der Waals surface area contributed by atoms with E-state index < -0.39 is 0 Å². The quantitative estimate of drug-likeness (QED) is 0.901. The molecule has 0 radical (unpaired) electrons. The highest BCUT2D eigenvalue weighted by Crippen LogP contribution is 2.25. The first-order chi connectivity index (χ1) is 8.29. The highest BCUT2D eigenvalue weighted by Gasteiger charge is 2.14. The number of benzene rings is 1. The van der Waals surface area contributed by atoms with E-state index in [9.17, 15) is 0 Å². The van der Waals surface area contributed by atoms with Crippen LogP contribution in [-0.2, 0) is 17.9 Å². The van der Waals surface area contributed by atoms with Gasteiger partial charge in [-0.3, -0.25) is 0 Å². The zero-order valence-corrected chi connectivity index (χ0v) is 11.7. The molecule has 0 atom stereocenters. The number of halogens is 1. The first-order valence-corrected chi connectivity index (χ1v) is 7.14. The first kappa shape index (κ1) is 13.1. The van der Waals surface area contributed by atoms with Gasteiger partial charge >= 0.3 is 0 Å². The molecule has 1 aliphatic carbocycles. The number of ether oxygens (including phenoxy) is 1. The number of nitrogens with two attached hydrogens (primary N) is 1. The molecule has 1 aliphatic rings. The Morgan fingerprint density at radius 2 is 2.06 bits per heavy atom. The maximum Gasteiger partial charge on any atom is 0.0727 e. The molecule has 1 aromatic rings. The second-order valence-corrected chi connectivity index (χ2v) is 5.65. The van der Waals surface area contributed by atoms with E-state index in [1.54, 1.807) is 0 Å². The van der Waals surface area contributed by atoms with E-state index in [0.717, 1.165) is 22.6 Å². The molecule has 2 rings (SSSR count). The minimum Gasteiger partial charge on any atom is -0.376 e. The lowest BCUT2D eigenvalue weighted by molar-refractivity contribution is 0.0885. The van der Waals surface area contributed by atoms with Gasteiger partial charge < -0.3 is 10.5 Å². The number of rotatable bonds is 5. The highest BCUT2D eigenvalue weighted by molar-refractivity contribution is 9.10. The Labute approximate surface area is 112 Å². The van der Waals surface area contributed by atoms with E-state index in [1.807, 2.05) is 0 Å². The molecule has 17 heavy (non-hydrogen) atoms. The summed E-state index contributed by atoms with van der Waals surface area (Å²) in [6, 6.07) is 6.24. The maximum absolute atomic E-state index is 5.80. The normalized spacial score (nSPS) is 16.6. The van der Waals surface area contributed by atoms with Crippen LogP contribution in [0.2, 0.25) is 0 Å². The minimum atomic E-state index is 0.585. The van der Waals surface area contributed by atoms with Crippen molar-refractivity contribution in [2.75, 3.05) is 6.61 Å². The molecule has 0 aromatic heterocycles.